The minimum absolute atomic E-state index is 0.152. The first kappa shape index (κ1) is 14.7. The molecule has 5 nitrogen and oxygen atoms in total. The molecule has 3 rings (SSSR count). The van der Waals surface area contributed by atoms with Gasteiger partial charge in [-0.3, -0.25) is 9.20 Å². The fraction of sp³-hybridized carbons (Fsp3) is 0.200. The van der Waals surface area contributed by atoms with Crippen molar-refractivity contribution in [3.05, 3.63) is 58.6 Å². The summed E-state index contributed by atoms with van der Waals surface area (Å²) in [5, 5.41) is 13.7. The predicted octanol–water partition coefficient (Wildman–Crippen LogP) is 1.89. The molecule has 1 aromatic carbocycles. The lowest BCUT2D eigenvalue weighted by molar-refractivity contribution is -0.120. The number of halogens is 1. The molecule has 0 bridgehead atoms. The van der Waals surface area contributed by atoms with E-state index in [4.69, 9.17) is 5.11 Å². The molecule has 0 atom stereocenters. The van der Waals surface area contributed by atoms with Crippen molar-refractivity contribution in [2.45, 2.75) is 19.6 Å². The second kappa shape index (κ2) is 6.25. The predicted molar refractivity (Wildman–Crippen MR) is 80.9 cm³/mol. The van der Waals surface area contributed by atoms with Gasteiger partial charge in [-0.2, -0.15) is 0 Å². The molecule has 1 amide bonds. The third-order valence-electron chi connectivity index (χ3n) is 3.25. The molecule has 3 aromatic rings. The van der Waals surface area contributed by atoms with E-state index in [2.05, 4.69) is 10.3 Å². The van der Waals surface area contributed by atoms with E-state index >= 15 is 0 Å². The van der Waals surface area contributed by atoms with Crippen LogP contribution in [-0.4, -0.2) is 20.4 Å². The zero-order chi connectivity index (χ0) is 15.5. The van der Waals surface area contributed by atoms with Crippen molar-refractivity contribution < 1.29 is 14.3 Å². The molecule has 2 aromatic heterocycles. The van der Waals surface area contributed by atoms with Crippen molar-refractivity contribution in [1.82, 2.24) is 14.7 Å². The second-order valence-corrected chi connectivity index (χ2v) is 5.74. The van der Waals surface area contributed by atoms with Gasteiger partial charge in [0.25, 0.3) is 0 Å². The molecular formula is C15H14FN3O2S. The number of hydrogen-bond donors (Lipinski definition) is 2. The monoisotopic (exact) mass is 319 g/mol. The number of aromatic nitrogens is 2. The number of hydrogen-bond acceptors (Lipinski definition) is 4. The van der Waals surface area contributed by atoms with Crippen molar-refractivity contribution in [2.24, 2.45) is 0 Å². The van der Waals surface area contributed by atoms with Crippen LogP contribution in [0.2, 0.25) is 0 Å². The lowest BCUT2D eigenvalue weighted by Crippen LogP contribution is -2.24. The maximum Gasteiger partial charge on any atom is 0.226 e. The molecule has 22 heavy (non-hydrogen) atoms. The SMILES string of the molecule is O=C(Cc1cn2ccsc2n1)NCc1ccc(F)c(CO)c1. The van der Waals surface area contributed by atoms with Crippen molar-refractivity contribution in [1.29, 1.82) is 0 Å². The quantitative estimate of drug-likeness (QED) is 0.755. The molecule has 0 unspecified atom stereocenters. The van der Waals surface area contributed by atoms with Gasteiger partial charge in [0.15, 0.2) is 4.96 Å². The van der Waals surface area contributed by atoms with Crippen LogP contribution >= 0.6 is 11.3 Å². The highest BCUT2D eigenvalue weighted by molar-refractivity contribution is 7.15. The number of nitrogens with one attached hydrogen (secondary N) is 1. The van der Waals surface area contributed by atoms with Crippen LogP contribution in [0.3, 0.4) is 0 Å². The number of fused-ring (bicyclic) bond motifs is 1. The summed E-state index contributed by atoms with van der Waals surface area (Å²) in [5.74, 6) is -0.601. The van der Waals surface area contributed by atoms with E-state index in [1.54, 1.807) is 12.1 Å². The first-order valence-electron chi connectivity index (χ1n) is 6.71. The summed E-state index contributed by atoms with van der Waals surface area (Å²) in [4.78, 5) is 17.1. The highest BCUT2D eigenvalue weighted by Gasteiger charge is 2.09. The summed E-state index contributed by atoms with van der Waals surface area (Å²) in [6.45, 7) is -0.0760. The summed E-state index contributed by atoms with van der Waals surface area (Å²) in [5.41, 5.74) is 1.67. The van der Waals surface area contributed by atoms with E-state index in [1.807, 2.05) is 22.2 Å². The van der Waals surface area contributed by atoms with Crippen LogP contribution in [0.15, 0.2) is 36.0 Å². The molecule has 2 N–H and O–H groups in total. The van der Waals surface area contributed by atoms with Crippen LogP contribution in [0.4, 0.5) is 4.39 Å². The molecule has 114 valence electrons. The molecular weight excluding hydrogens is 305 g/mol. The molecule has 0 spiro atoms. The van der Waals surface area contributed by atoms with Gasteiger partial charge in [-0.05, 0) is 17.7 Å². The zero-order valence-corrected chi connectivity index (χ0v) is 12.4. The number of benzene rings is 1. The number of nitrogens with zero attached hydrogens (tertiary/aromatic N) is 2. The van der Waals surface area contributed by atoms with Gasteiger partial charge >= 0.3 is 0 Å². The summed E-state index contributed by atoms with van der Waals surface area (Å²) in [7, 11) is 0. The van der Waals surface area contributed by atoms with Gasteiger partial charge in [-0.25, -0.2) is 9.37 Å². The van der Waals surface area contributed by atoms with Crippen molar-refractivity contribution in [2.75, 3.05) is 0 Å². The van der Waals surface area contributed by atoms with E-state index in [9.17, 15) is 9.18 Å². The van der Waals surface area contributed by atoms with Gasteiger partial charge in [-0.15, -0.1) is 11.3 Å². The Morgan fingerprint density at radius 2 is 2.32 bits per heavy atom. The maximum atomic E-state index is 13.3. The lowest BCUT2D eigenvalue weighted by Gasteiger charge is -2.06. The summed E-state index contributed by atoms with van der Waals surface area (Å²) < 4.78 is 15.1. The van der Waals surface area contributed by atoms with Crippen LogP contribution in [0.1, 0.15) is 16.8 Å². The first-order chi connectivity index (χ1) is 10.7. The standard InChI is InChI=1S/C15H14FN3O2S/c16-13-2-1-10(5-11(13)9-20)7-17-14(21)6-12-8-19-3-4-22-15(19)18-12/h1-5,8,20H,6-7,9H2,(H,17,21). The average Bonchev–Trinajstić information content (AvgIpc) is 3.07. The van der Waals surface area contributed by atoms with E-state index in [-0.39, 0.29) is 31.0 Å². The van der Waals surface area contributed by atoms with Crippen LogP contribution in [-0.2, 0) is 24.4 Å². The molecule has 0 aliphatic heterocycles. The summed E-state index contributed by atoms with van der Waals surface area (Å²) >= 11 is 1.51. The third-order valence-corrected chi connectivity index (χ3v) is 4.03. The van der Waals surface area contributed by atoms with Gasteiger partial charge in [0.2, 0.25) is 5.91 Å². The fourth-order valence-electron chi connectivity index (χ4n) is 2.15. The number of carbonyl (C=O) groups excluding carboxylic acids is 1. The Balaban J connectivity index is 1.59. The topological polar surface area (TPSA) is 66.6 Å². The van der Waals surface area contributed by atoms with Crippen LogP contribution in [0.25, 0.3) is 4.96 Å². The van der Waals surface area contributed by atoms with Gasteiger partial charge < -0.3 is 10.4 Å². The van der Waals surface area contributed by atoms with Crippen molar-refractivity contribution in [3.8, 4) is 0 Å². The highest BCUT2D eigenvalue weighted by atomic mass is 32.1. The number of aliphatic hydroxyl groups is 1. The number of aliphatic hydroxyl groups excluding tert-OH is 1. The Bertz CT molecular complexity index is 784. The normalized spacial score (nSPS) is 11.0. The zero-order valence-electron chi connectivity index (χ0n) is 11.6. The van der Waals surface area contributed by atoms with E-state index in [0.29, 0.717) is 5.69 Å². The molecule has 0 aliphatic carbocycles. The fourth-order valence-corrected chi connectivity index (χ4v) is 2.87. The minimum atomic E-state index is -0.448. The Morgan fingerprint density at radius 3 is 3.09 bits per heavy atom. The van der Waals surface area contributed by atoms with E-state index in [0.717, 1.165) is 10.5 Å². The van der Waals surface area contributed by atoms with Gasteiger partial charge in [0.1, 0.15) is 5.82 Å². The Labute approximate surface area is 130 Å². The number of rotatable bonds is 5. The van der Waals surface area contributed by atoms with E-state index < -0.39 is 5.82 Å². The van der Waals surface area contributed by atoms with Crippen molar-refractivity contribution in [3.63, 3.8) is 0 Å². The summed E-state index contributed by atoms with van der Waals surface area (Å²) in [6, 6.07) is 4.42. The van der Waals surface area contributed by atoms with E-state index in [1.165, 1.54) is 17.4 Å². The van der Waals surface area contributed by atoms with Crippen LogP contribution in [0, 0.1) is 5.82 Å². The Hall–Kier alpha value is -2.25. The molecule has 0 saturated heterocycles. The molecule has 0 fully saturated rings. The lowest BCUT2D eigenvalue weighted by atomic mass is 10.1. The largest absolute Gasteiger partial charge is 0.392 e. The van der Waals surface area contributed by atoms with Crippen LogP contribution < -0.4 is 5.32 Å². The molecule has 2 heterocycles. The number of amides is 1. The number of carbonyl (C=O) groups is 1. The van der Waals surface area contributed by atoms with Gasteiger partial charge in [-0.1, -0.05) is 6.07 Å². The minimum Gasteiger partial charge on any atom is -0.392 e. The third kappa shape index (κ3) is 3.15. The van der Waals surface area contributed by atoms with Gasteiger partial charge in [0, 0.05) is 29.9 Å². The number of thiazole rings is 1. The Kier molecular flexibility index (Phi) is 4.17. The second-order valence-electron chi connectivity index (χ2n) is 4.86. The molecule has 7 heteroatoms. The number of imidazole rings is 1. The maximum absolute atomic E-state index is 13.3. The summed E-state index contributed by atoms with van der Waals surface area (Å²) in [6.07, 6.45) is 3.92. The highest BCUT2D eigenvalue weighted by Crippen LogP contribution is 2.12. The molecule has 0 saturated carbocycles. The molecule has 0 radical (unpaired) electrons. The Morgan fingerprint density at radius 1 is 1.45 bits per heavy atom. The van der Waals surface area contributed by atoms with Crippen LogP contribution in [0.5, 0.6) is 0 Å². The van der Waals surface area contributed by atoms with Crippen molar-refractivity contribution >= 4 is 22.2 Å². The van der Waals surface area contributed by atoms with Gasteiger partial charge in [0.05, 0.1) is 18.7 Å². The molecule has 0 aliphatic rings. The first-order valence-corrected chi connectivity index (χ1v) is 7.59. The average molecular weight is 319 g/mol. The smallest absolute Gasteiger partial charge is 0.226 e.